The smallest absolute Gasteiger partial charge is 0.133 e. The zero-order chi connectivity index (χ0) is 36.9. The van der Waals surface area contributed by atoms with Crippen LogP contribution in [0.25, 0.3) is 0 Å². The van der Waals surface area contributed by atoms with Gasteiger partial charge < -0.3 is 0 Å². The van der Waals surface area contributed by atoms with Crippen LogP contribution < -0.4 is 0 Å². The van der Waals surface area contributed by atoms with Crippen molar-refractivity contribution in [3.63, 3.8) is 0 Å². The molecule has 0 N–H and O–H groups in total. The van der Waals surface area contributed by atoms with Crippen molar-refractivity contribution in [1.82, 2.24) is 0 Å². The summed E-state index contributed by atoms with van der Waals surface area (Å²) in [5, 5.41) is 0. The van der Waals surface area contributed by atoms with Gasteiger partial charge in [0.25, 0.3) is 0 Å². The molecule has 0 radical (unpaired) electrons. The molecule has 5 rings (SSSR count). The molecule has 0 spiro atoms. The zero-order valence-electron chi connectivity index (χ0n) is 33.6. The summed E-state index contributed by atoms with van der Waals surface area (Å²) in [6.07, 6.45) is 21.8. The lowest BCUT2D eigenvalue weighted by Crippen LogP contribution is -2.05. The highest BCUT2D eigenvalue weighted by Crippen LogP contribution is 2.36. The normalized spacial score (nSPS) is 32.1. The monoisotopic (exact) mass is 687 g/mol. The standard InChI is InChI=1S/2C10H18O.2C9H16O.C6H10O/c2*1-3-5-9-7-10(11)6-8(9)4-2;2*1-3-7-5-9(10)6-8(7)4-2;1-5-2-3-6(7)4-5/h2*8-9H,3-7H2,1-2H3;2*7-8H,3-6H2,1-2H3;5H,2-4H2,1H3/t2*8-,9-;2*7-,8-;5-/m10101/s1. The molecule has 0 aromatic carbocycles. The van der Waals surface area contributed by atoms with Crippen LogP contribution in [0.3, 0.4) is 0 Å². The van der Waals surface area contributed by atoms with Crippen molar-refractivity contribution in [1.29, 1.82) is 0 Å². The van der Waals surface area contributed by atoms with Gasteiger partial charge in [-0.1, -0.05) is 127 Å². The summed E-state index contributed by atoms with van der Waals surface area (Å²) in [7, 11) is 0. The molecule has 0 amide bonds. The van der Waals surface area contributed by atoms with E-state index >= 15 is 0 Å². The quantitative estimate of drug-likeness (QED) is 0.228. The van der Waals surface area contributed by atoms with Gasteiger partial charge in [-0.3, -0.25) is 24.0 Å². The molecule has 0 aliphatic heterocycles. The van der Waals surface area contributed by atoms with Gasteiger partial charge in [0, 0.05) is 64.2 Å². The Balaban J connectivity index is 0.000000308. The highest BCUT2D eigenvalue weighted by Gasteiger charge is 2.32. The van der Waals surface area contributed by atoms with Gasteiger partial charge >= 0.3 is 0 Å². The fourth-order valence-electron chi connectivity index (χ4n) is 9.29. The number of hydrogen-bond donors (Lipinski definition) is 0. The van der Waals surface area contributed by atoms with Gasteiger partial charge in [0.15, 0.2) is 0 Å². The third-order valence-electron chi connectivity index (χ3n) is 12.5. The predicted molar refractivity (Wildman–Crippen MR) is 204 cm³/mol. The van der Waals surface area contributed by atoms with Crippen molar-refractivity contribution in [2.45, 2.75) is 197 Å². The summed E-state index contributed by atoms with van der Waals surface area (Å²) in [5.41, 5.74) is 0. The maximum atomic E-state index is 11.1. The second kappa shape index (κ2) is 25.3. The van der Waals surface area contributed by atoms with Crippen LogP contribution in [0.2, 0.25) is 0 Å². The minimum atomic E-state index is 0.451. The molecule has 0 unspecified atom stereocenters. The summed E-state index contributed by atoms with van der Waals surface area (Å²) in [5.74, 6) is 8.77. The fraction of sp³-hybridized carbons (Fsp3) is 0.886. The van der Waals surface area contributed by atoms with E-state index in [-0.39, 0.29) is 0 Å². The molecule has 284 valence electrons. The molecule has 9 atom stereocenters. The second-order valence-corrected chi connectivity index (χ2v) is 16.3. The van der Waals surface area contributed by atoms with Gasteiger partial charge in [0.1, 0.15) is 28.9 Å². The SMILES string of the molecule is CCC[C@@H]1CC(=O)C[C@H]1CC.CCC[C@H]1CC(=O)C[C@@H]1CC.CC[C@@H]1CC(=O)C[C@H]1CC.CC[C@H]1CC(=O)C[C@@H]1CC.C[C@@H]1CCC(=O)C1. The second-order valence-electron chi connectivity index (χ2n) is 16.3. The lowest BCUT2D eigenvalue weighted by atomic mass is 9.90. The van der Waals surface area contributed by atoms with Gasteiger partial charge in [-0.25, -0.2) is 0 Å². The van der Waals surface area contributed by atoms with E-state index in [1.807, 2.05) is 0 Å². The first kappa shape index (κ1) is 45.4. The first-order valence-electron chi connectivity index (χ1n) is 21.0. The van der Waals surface area contributed by atoms with Crippen LogP contribution in [-0.4, -0.2) is 28.9 Å². The van der Waals surface area contributed by atoms with Crippen LogP contribution in [0.4, 0.5) is 0 Å². The van der Waals surface area contributed by atoms with E-state index in [0.29, 0.717) is 70.3 Å². The summed E-state index contributed by atoms with van der Waals surface area (Å²) < 4.78 is 0. The molecule has 5 aliphatic rings. The van der Waals surface area contributed by atoms with E-state index in [9.17, 15) is 24.0 Å². The average Bonchev–Trinajstić information content (AvgIpc) is 3.90. The van der Waals surface area contributed by atoms with Crippen LogP contribution in [0.5, 0.6) is 0 Å². The van der Waals surface area contributed by atoms with Gasteiger partial charge in [0.2, 0.25) is 0 Å². The molecule has 0 aromatic heterocycles. The van der Waals surface area contributed by atoms with Gasteiger partial charge in [-0.05, 0) is 59.7 Å². The van der Waals surface area contributed by atoms with Gasteiger partial charge in [0.05, 0.1) is 0 Å². The van der Waals surface area contributed by atoms with E-state index in [1.165, 1.54) is 64.2 Å². The minimum absolute atomic E-state index is 0.451. The first-order chi connectivity index (χ1) is 23.4. The Morgan fingerprint density at radius 2 is 0.612 bits per heavy atom. The minimum Gasteiger partial charge on any atom is -0.300 e. The molecule has 5 nitrogen and oxygen atoms in total. The maximum Gasteiger partial charge on any atom is 0.133 e. The predicted octanol–water partition coefficient (Wildman–Crippen LogP) is 11.8. The number of carbonyl (C=O) groups excluding carboxylic acids is 5. The molecule has 0 bridgehead atoms. The van der Waals surface area contributed by atoms with Crippen LogP contribution in [0, 0.1) is 53.3 Å². The molecule has 0 saturated heterocycles. The Labute approximate surface area is 302 Å². The highest BCUT2D eigenvalue weighted by atomic mass is 16.1. The van der Waals surface area contributed by atoms with E-state index in [0.717, 1.165) is 82.5 Å². The fourth-order valence-corrected chi connectivity index (χ4v) is 9.29. The van der Waals surface area contributed by atoms with Crippen molar-refractivity contribution in [2.75, 3.05) is 0 Å². The van der Waals surface area contributed by atoms with Crippen molar-refractivity contribution < 1.29 is 24.0 Å². The summed E-state index contributed by atoms with van der Waals surface area (Å²) in [6.45, 7) is 19.7. The number of carbonyl (C=O) groups is 5. The Hall–Kier alpha value is -1.65. The molecule has 0 heterocycles. The van der Waals surface area contributed by atoms with Crippen molar-refractivity contribution in [3.8, 4) is 0 Å². The Morgan fingerprint density at radius 3 is 0.776 bits per heavy atom. The molecule has 0 aromatic rings. The number of hydrogen-bond acceptors (Lipinski definition) is 5. The van der Waals surface area contributed by atoms with Crippen molar-refractivity contribution >= 4 is 28.9 Å². The number of ketones is 5. The van der Waals surface area contributed by atoms with Crippen LogP contribution in [0.15, 0.2) is 0 Å². The molecule has 49 heavy (non-hydrogen) atoms. The largest absolute Gasteiger partial charge is 0.300 e. The molecule has 5 aliphatic carbocycles. The molecule has 5 saturated carbocycles. The van der Waals surface area contributed by atoms with E-state index in [1.54, 1.807) is 0 Å². The molecular weight excluding hydrogens is 608 g/mol. The summed E-state index contributed by atoms with van der Waals surface area (Å²) in [6, 6.07) is 0. The lowest BCUT2D eigenvalue weighted by Gasteiger charge is -2.14. The maximum absolute atomic E-state index is 11.1. The Kier molecular flexibility index (Phi) is 23.5. The lowest BCUT2D eigenvalue weighted by molar-refractivity contribution is -0.118. The topological polar surface area (TPSA) is 85.3 Å². The average molecular weight is 687 g/mol. The van der Waals surface area contributed by atoms with Crippen LogP contribution in [0.1, 0.15) is 197 Å². The zero-order valence-corrected chi connectivity index (χ0v) is 33.6. The van der Waals surface area contributed by atoms with Gasteiger partial charge in [-0.2, -0.15) is 0 Å². The Bertz CT molecular complexity index is 890. The highest BCUT2D eigenvalue weighted by molar-refractivity contribution is 5.82. The molecule has 5 heteroatoms. The van der Waals surface area contributed by atoms with E-state index in [2.05, 4.69) is 62.3 Å². The Morgan fingerprint density at radius 1 is 0.367 bits per heavy atom. The third-order valence-corrected chi connectivity index (χ3v) is 12.5. The summed E-state index contributed by atoms with van der Waals surface area (Å²) >= 11 is 0. The number of Topliss-reactive ketones (excluding diaryl/α,β-unsaturated/α-hetero) is 5. The molecular formula is C44H78O5. The van der Waals surface area contributed by atoms with Crippen molar-refractivity contribution in [3.05, 3.63) is 0 Å². The van der Waals surface area contributed by atoms with Crippen LogP contribution >= 0.6 is 0 Å². The first-order valence-corrected chi connectivity index (χ1v) is 21.0. The number of rotatable bonds is 10. The van der Waals surface area contributed by atoms with Crippen molar-refractivity contribution in [2.24, 2.45) is 53.3 Å². The summed E-state index contributed by atoms with van der Waals surface area (Å²) in [4.78, 5) is 54.6. The van der Waals surface area contributed by atoms with E-state index in [4.69, 9.17) is 0 Å². The molecule has 5 fully saturated rings. The van der Waals surface area contributed by atoms with Gasteiger partial charge in [-0.15, -0.1) is 0 Å². The third kappa shape index (κ3) is 16.9. The van der Waals surface area contributed by atoms with E-state index < -0.39 is 0 Å². The van der Waals surface area contributed by atoms with Crippen LogP contribution in [-0.2, 0) is 24.0 Å².